The number of piperazine rings is 1. The Labute approximate surface area is 189 Å². The van der Waals surface area contributed by atoms with Gasteiger partial charge in [0, 0.05) is 38.4 Å². The van der Waals surface area contributed by atoms with E-state index in [0.717, 1.165) is 49.5 Å². The molecular formula is C24H32N4O2S. The average Bonchev–Trinajstić information content (AvgIpc) is 2.77. The number of nitrogens with one attached hydrogen (secondary N) is 2. The molecule has 2 aromatic rings. The molecule has 1 aliphatic heterocycles. The van der Waals surface area contributed by atoms with E-state index in [2.05, 4.69) is 39.6 Å². The first-order valence-electron chi connectivity index (χ1n) is 10.7. The third-order valence-electron chi connectivity index (χ3n) is 5.38. The Morgan fingerprint density at radius 2 is 1.58 bits per heavy atom. The fourth-order valence-electron chi connectivity index (χ4n) is 3.51. The molecule has 3 rings (SSSR count). The molecule has 2 N–H and O–H groups in total. The summed E-state index contributed by atoms with van der Waals surface area (Å²) in [6, 6.07) is 17.7. The van der Waals surface area contributed by atoms with Crippen molar-refractivity contribution in [2.75, 3.05) is 56.6 Å². The van der Waals surface area contributed by atoms with Gasteiger partial charge in [0.05, 0.1) is 17.5 Å². The minimum atomic E-state index is -0.0984. The van der Waals surface area contributed by atoms with Gasteiger partial charge in [-0.3, -0.25) is 14.5 Å². The molecule has 6 nitrogen and oxygen atoms in total. The van der Waals surface area contributed by atoms with Gasteiger partial charge in [-0.05, 0) is 31.7 Å². The van der Waals surface area contributed by atoms with Crippen LogP contribution in [0.3, 0.4) is 0 Å². The van der Waals surface area contributed by atoms with Crippen LogP contribution in [0.15, 0.2) is 54.6 Å². The maximum atomic E-state index is 12.6. The molecule has 166 valence electrons. The molecule has 1 heterocycles. The van der Waals surface area contributed by atoms with E-state index >= 15 is 0 Å². The highest BCUT2D eigenvalue weighted by molar-refractivity contribution is 8.00. The van der Waals surface area contributed by atoms with Crippen LogP contribution in [0, 0.1) is 6.92 Å². The molecular weight excluding hydrogens is 408 g/mol. The van der Waals surface area contributed by atoms with Gasteiger partial charge in [0.25, 0.3) is 0 Å². The van der Waals surface area contributed by atoms with Gasteiger partial charge < -0.3 is 15.5 Å². The number of likely N-dealkylation sites (N-methyl/N-ethyl adjacent to an activating group) is 1. The maximum Gasteiger partial charge on any atom is 0.234 e. The van der Waals surface area contributed by atoms with Crippen LogP contribution in [0.2, 0.25) is 0 Å². The second-order valence-corrected chi connectivity index (χ2v) is 9.03. The molecule has 31 heavy (non-hydrogen) atoms. The van der Waals surface area contributed by atoms with Crippen molar-refractivity contribution in [2.24, 2.45) is 0 Å². The third kappa shape index (κ3) is 8.01. The highest BCUT2D eigenvalue weighted by Gasteiger charge is 2.21. The summed E-state index contributed by atoms with van der Waals surface area (Å²) in [6.45, 7) is 6.89. The lowest BCUT2D eigenvalue weighted by atomic mass is 10.1. The summed E-state index contributed by atoms with van der Waals surface area (Å²) < 4.78 is 0. The second-order valence-electron chi connectivity index (χ2n) is 8.04. The first-order valence-corrected chi connectivity index (χ1v) is 11.8. The smallest absolute Gasteiger partial charge is 0.234 e. The van der Waals surface area contributed by atoms with Crippen LogP contribution in [0.5, 0.6) is 0 Å². The normalized spacial score (nSPS) is 15.9. The predicted molar refractivity (Wildman–Crippen MR) is 128 cm³/mol. The van der Waals surface area contributed by atoms with Crippen molar-refractivity contribution in [1.82, 2.24) is 15.1 Å². The Kier molecular flexibility index (Phi) is 8.94. The number of amides is 2. The first kappa shape index (κ1) is 23.3. The Balaban J connectivity index is 1.47. The molecule has 1 fully saturated rings. The number of carbonyl (C=O) groups is 2. The van der Waals surface area contributed by atoms with E-state index in [1.165, 1.54) is 11.8 Å². The molecule has 2 aromatic carbocycles. The van der Waals surface area contributed by atoms with Gasteiger partial charge in [-0.25, -0.2) is 0 Å². The molecule has 1 aliphatic rings. The number of rotatable bonds is 9. The molecule has 0 aromatic heterocycles. The van der Waals surface area contributed by atoms with Crippen molar-refractivity contribution < 1.29 is 9.59 Å². The van der Waals surface area contributed by atoms with Crippen molar-refractivity contribution in [3.63, 3.8) is 0 Å². The summed E-state index contributed by atoms with van der Waals surface area (Å²) in [6.07, 6.45) is 0. The molecule has 1 saturated heterocycles. The molecule has 0 spiro atoms. The Morgan fingerprint density at radius 3 is 2.26 bits per heavy atom. The van der Waals surface area contributed by atoms with Gasteiger partial charge in [0.15, 0.2) is 0 Å². The van der Waals surface area contributed by atoms with Gasteiger partial charge >= 0.3 is 0 Å². The number of anilines is 1. The quantitative estimate of drug-likeness (QED) is 0.628. The lowest BCUT2D eigenvalue weighted by molar-refractivity contribution is -0.119. The minimum absolute atomic E-state index is 0.0453. The first-order chi connectivity index (χ1) is 15.0. The van der Waals surface area contributed by atoms with Gasteiger partial charge in [-0.1, -0.05) is 48.0 Å². The van der Waals surface area contributed by atoms with Crippen LogP contribution in [0.1, 0.15) is 17.2 Å². The van der Waals surface area contributed by atoms with Crippen LogP contribution in [-0.4, -0.2) is 72.9 Å². The van der Waals surface area contributed by atoms with Crippen LogP contribution < -0.4 is 10.6 Å². The summed E-state index contributed by atoms with van der Waals surface area (Å²) >= 11 is 1.33. The van der Waals surface area contributed by atoms with Crippen LogP contribution in [0.25, 0.3) is 0 Å². The molecule has 0 aliphatic carbocycles. The maximum absolute atomic E-state index is 12.6. The lowest BCUT2D eigenvalue weighted by Crippen LogP contribution is -2.48. The van der Waals surface area contributed by atoms with Crippen molar-refractivity contribution in [1.29, 1.82) is 0 Å². The van der Waals surface area contributed by atoms with E-state index in [4.69, 9.17) is 0 Å². The van der Waals surface area contributed by atoms with E-state index in [0.29, 0.717) is 0 Å². The van der Waals surface area contributed by atoms with E-state index in [9.17, 15) is 9.59 Å². The Hall–Kier alpha value is -2.35. The lowest BCUT2D eigenvalue weighted by Gasteiger charge is -2.35. The zero-order valence-electron chi connectivity index (χ0n) is 18.3. The van der Waals surface area contributed by atoms with Gasteiger partial charge in [0.2, 0.25) is 11.8 Å². The zero-order valence-corrected chi connectivity index (χ0v) is 19.2. The van der Waals surface area contributed by atoms with E-state index in [-0.39, 0.29) is 29.4 Å². The number of aryl methyl sites for hydroxylation is 1. The summed E-state index contributed by atoms with van der Waals surface area (Å²) in [5.41, 5.74) is 3.03. The third-order valence-corrected chi connectivity index (χ3v) is 6.31. The molecule has 0 bridgehead atoms. The molecule has 7 heteroatoms. The molecule has 1 unspecified atom stereocenters. The van der Waals surface area contributed by atoms with Crippen LogP contribution in [0.4, 0.5) is 5.69 Å². The van der Waals surface area contributed by atoms with Crippen LogP contribution in [-0.2, 0) is 9.59 Å². The number of hydrogen-bond donors (Lipinski definition) is 2. The highest BCUT2D eigenvalue weighted by Crippen LogP contribution is 2.16. The molecule has 1 atom stereocenters. The predicted octanol–water partition coefficient (Wildman–Crippen LogP) is 2.77. The monoisotopic (exact) mass is 440 g/mol. The Bertz CT molecular complexity index is 836. The number of benzene rings is 2. The van der Waals surface area contributed by atoms with Gasteiger partial charge in [0.1, 0.15) is 0 Å². The largest absolute Gasteiger partial charge is 0.347 e. The SMILES string of the molecule is Cc1ccc(NC(=O)CSCC(=O)NC(CN2CCN(C)CC2)c2ccccc2)cc1. The number of hydrogen-bond acceptors (Lipinski definition) is 5. The molecule has 2 amide bonds. The average molecular weight is 441 g/mol. The summed E-state index contributed by atoms with van der Waals surface area (Å²) in [4.78, 5) is 29.5. The van der Waals surface area contributed by atoms with Crippen molar-refractivity contribution >= 4 is 29.3 Å². The van der Waals surface area contributed by atoms with Crippen molar-refractivity contribution in [3.05, 3.63) is 65.7 Å². The Morgan fingerprint density at radius 1 is 0.935 bits per heavy atom. The summed E-state index contributed by atoms with van der Waals surface area (Å²) in [5.74, 6) is 0.359. The minimum Gasteiger partial charge on any atom is -0.347 e. The van der Waals surface area contributed by atoms with Gasteiger partial charge in [-0.15, -0.1) is 11.8 Å². The topological polar surface area (TPSA) is 64.7 Å². The van der Waals surface area contributed by atoms with Crippen LogP contribution >= 0.6 is 11.8 Å². The van der Waals surface area contributed by atoms with E-state index < -0.39 is 0 Å². The highest BCUT2D eigenvalue weighted by atomic mass is 32.2. The van der Waals surface area contributed by atoms with Crippen molar-refractivity contribution in [3.8, 4) is 0 Å². The van der Waals surface area contributed by atoms with E-state index in [1.54, 1.807) is 0 Å². The second kappa shape index (κ2) is 11.9. The molecule has 0 radical (unpaired) electrons. The number of nitrogens with zero attached hydrogens (tertiary/aromatic N) is 2. The fraction of sp³-hybridized carbons (Fsp3) is 0.417. The summed E-state index contributed by atoms with van der Waals surface area (Å²) in [7, 11) is 2.14. The van der Waals surface area contributed by atoms with Gasteiger partial charge in [-0.2, -0.15) is 0 Å². The summed E-state index contributed by atoms with van der Waals surface area (Å²) in [5, 5.41) is 6.04. The standard InChI is InChI=1S/C24H32N4O2S/c1-19-8-10-21(11-9-19)25-23(29)17-31-18-24(30)26-22(20-6-4-3-5-7-20)16-28-14-12-27(2)13-15-28/h3-11,22H,12-18H2,1-2H3,(H,25,29)(H,26,30). The van der Waals surface area contributed by atoms with Crippen molar-refractivity contribution in [2.45, 2.75) is 13.0 Å². The number of thioether (sulfide) groups is 1. The van der Waals surface area contributed by atoms with E-state index in [1.807, 2.05) is 49.4 Å². The molecule has 0 saturated carbocycles. The fourth-order valence-corrected chi connectivity index (χ4v) is 4.14. The number of carbonyl (C=O) groups excluding carboxylic acids is 2. The zero-order chi connectivity index (χ0) is 22.1.